The van der Waals surface area contributed by atoms with Gasteiger partial charge in [0.15, 0.2) is 5.75 Å². The summed E-state index contributed by atoms with van der Waals surface area (Å²) in [5, 5.41) is 11.6. The van der Waals surface area contributed by atoms with Crippen molar-refractivity contribution < 1.29 is 18.1 Å². The number of hydrogen-bond acceptors (Lipinski definition) is 7. The van der Waals surface area contributed by atoms with Gasteiger partial charge in [0, 0.05) is 19.2 Å². The van der Waals surface area contributed by atoms with Crippen molar-refractivity contribution in [2.45, 2.75) is 32.3 Å². The van der Waals surface area contributed by atoms with E-state index in [1.54, 1.807) is 20.8 Å². The summed E-state index contributed by atoms with van der Waals surface area (Å²) in [6.07, 6.45) is 0. The number of hydrogen-bond donors (Lipinski definition) is 0. The number of nitrogens with zero attached hydrogens (tertiary/aromatic N) is 4. The van der Waals surface area contributed by atoms with Crippen LogP contribution in [0.4, 0.5) is 5.69 Å². The molecule has 0 saturated heterocycles. The van der Waals surface area contributed by atoms with Crippen LogP contribution in [0.3, 0.4) is 0 Å². The van der Waals surface area contributed by atoms with Crippen molar-refractivity contribution in [3.8, 4) is 5.75 Å². The lowest BCUT2D eigenvalue weighted by atomic mass is 10.2. The summed E-state index contributed by atoms with van der Waals surface area (Å²) in [4.78, 5) is 19.7. The number of nitro benzene ring substituents is 1. The lowest BCUT2D eigenvalue weighted by Crippen LogP contribution is -2.30. The van der Waals surface area contributed by atoms with Gasteiger partial charge in [-0.2, -0.15) is 4.31 Å². The minimum Gasteiger partial charge on any atom is -0.480 e. The maximum atomic E-state index is 12.7. The maximum absolute atomic E-state index is 12.7. The van der Waals surface area contributed by atoms with E-state index in [-0.39, 0.29) is 30.3 Å². The Hall–Kier alpha value is -3.11. The van der Waals surface area contributed by atoms with Crippen LogP contribution in [0.5, 0.6) is 5.75 Å². The van der Waals surface area contributed by atoms with Gasteiger partial charge in [0.2, 0.25) is 10.0 Å². The molecule has 0 aliphatic rings. The number of para-hydroxylation sites is 2. The van der Waals surface area contributed by atoms with Crippen LogP contribution in [0.25, 0.3) is 11.0 Å². The van der Waals surface area contributed by atoms with Gasteiger partial charge in [0.25, 0.3) is 0 Å². The van der Waals surface area contributed by atoms with Crippen molar-refractivity contribution in [2.24, 2.45) is 0 Å². The van der Waals surface area contributed by atoms with Crippen LogP contribution in [0.2, 0.25) is 0 Å². The summed E-state index contributed by atoms with van der Waals surface area (Å²) in [5.41, 5.74) is 2.21. The first-order valence-electron chi connectivity index (χ1n) is 9.41. The van der Waals surface area contributed by atoms with Crippen molar-refractivity contribution >= 4 is 26.7 Å². The molecule has 0 atom stereocenters. The van der Waals surface area contributed by atoms with Crippen molar-refractivity contribution in [3.63, 3.8) is 0 Å². The quantitative estimate of drug-likeness (QED) is 0.397. The Kier molecular flexibility index (Phi) is 6.28. The number of ether oxygens (including phenoxy) is 1. The fourth-order valence-electron chi connectivity index (χ4n) is 3.04. The Balaban J connectivity index is 1.92. The van der Waals surface area contributed by atoms with Crippen LogP contribution in [0.1, 0.15) is 25.2 Å². The second-order valence-corrected chi connectivity index (χ2v) is 8.45. The molecule has 0 aliphatic heterocycles. The second-order valence-electron chi connectivity index (χ2n) is 6.51. The van der Waals surface area contributed by atoms with E-state index in [1.807, 2.05) is 24.3 Å². The van der Waals surface area contributed by atoms with E-state index in [0.29, 0.717) is 16.9 Å². The maximum Gasteiger partial charge on any atom is 0.312 e. The number of fused-ring (bicyclic) bond motifs is 1. The molecule has 10 heteroatoms. The largest absolute Gasteiger partial charge is 0.480 e. The normalized spacial score (nSPS) is 11.7. The van der Waals surface area contributed by atoms with Crippen LogP contribution in [-0.4, -0.2) is 40.7 Å². The zero-order valence-electron chi connectivity index (χ0n) is 16.9. The van der Waals surface area contributed by atoms with E-state index in [1.165, 1.54) is 16.4 Å². The fourth-order valence-corrected chi connectivity index (χ4v) is 4.52. The number of nitro groups is 1. The molecule has 0 radical (unpaired) electrons. The van der Waals surface area contributed by atoms with Gasteiger partial charge in [0.05, 0.1) is 32.2 Å². The van der Waals surface area contributed by atoms with Gasteiger partial charge in [-0.3, -0.25) is 10.1 Å². The van der Waals surface area contributed by atoms with Gasteiger partial charge in [-0.25, -0.2) is 18.4 Å². The standard InChI is InChI=1S/C20H22N4O5S/c1-4-23(5-2)30(27,28)15-10-11-20(19(12-15)24(25)26)29-13-18-14(3)21-16-8-6-7-9-17(16)22-18/h6-12H,4-5,13H2,1-3H3. The van der Waals surface area contributed by atoms with E-state index in [2.05, 4.69) is 9.97 Å². The molecule has 0 aliphatic carbocycles. The van der Waals surface area contributed by atoms with Crippen molar-refractivity contribution in [1.29, 1.82) is 0 Å². The number of aryl methyl sites for hydroxylation is 1. The first-order valence-corrected chi connectivity index (χ1v) is 10.9. The number of benzene rings is 2. The molecule has 3 aromatic rings. The molecule has 1 aromatic heterocycles. The highest BCUT2D eigenvalue weighted by molar-refractivity contribution is 7.89. The van der Waals surface area contributed by atoms with Gasteiger partial charge in [-0.15, -0.1) is 0 Å². The molecule has 3 rings (SSSR count). The first-order chi connectivity index (χ1) is 14.3. The van der Waals surface area contributed by atoms with Crippen LogP contribution >= 0.6 is 0 Å². The molecule has 0 saturated carbocycles. The Morgan fingerprint density at radius 3 is 2.30 bits per heavy atom. The third-order valence-corrected chi connectivity index (χ3v) is 6.72. The third kappa shape index (κ3) is 4.24. The molecular weight excluding hydrogens is 408 g/mol. The first kappa shape index (κ1) is 21.6. The Morgan fingerprint density at radius 1 is 1.07 bits per heavy atom. The molecular formula is C20H22N4O5S. The summed E-state index contributed by atoms with van der Waals surface area (Å²) >= 11 is 0. The Labute approximate surface area is 174 Å². The second kappa shape index (κ2) is 8.72. The summed E-state index contributed by atoms with van der Waals surface area (Å²) in [6.45, 7) is 5.70. The van der Waals surface area contributed by atoms with Crippen LogP contribution < -0.4 is 4.74 Å². The van der Waals surface area contributed by atoms with Gasteiger partial charge in [-0.1, -0.05) is 26.0 Å². The molecule has 1 heterocycles. The van der Waals surface area contributed by atoms with E-state index >= 15 is 0 Å². The number of rotatable bonds is 8. The molecule has 158 valence electrons. The van der Waals surface area contributed by atoms with Gasteiger partial charge < -0.3 is 4.74 Å². The summed E-state index contributed by atoms with van der Waals surface area (Å²) in [6, 6.07) is 11.0. The zero-order chi connectivity index (χ0) is 21.9. The number of aromatic nitrogens is 2. The fraction of sp³-hybridized carbons (Fsp3) is 0.300. The van der Waals surface area contributed by atoms with E-state index in [4.69, 9.17) is 4.74 Å². The Bertz CT molecular complexity index is 1190. The monoisotopic (exact) mass is 430 g/mol. The summed E-state index contributed by atoms with van der Waals surface area (Å²) in [7, 11) is -3.82. The van der Waals surface area contributed by atoms with E-state index in [9.17, 15) is 18.5 Å². The predicted molar refractivity (Wildman–Crippen MR) is 112 cm³/mol. The molecule has 0 spiro atoms. The van der Waals surface area contributed by atoms with Gasteiger partial charge >= 0.3 is 5.69 Å². The van der Waals surface area contributed by atoms with Crippen LogP contribution in [0.15, 0.2) is 47.4 Å². The lowest BCUT2D eigenvalue weighted by molar-refractivity contribution is -0.386. The average Bonchev–Trinajstić information content (AvgIpc) is 2.72. The predicted octanol–water partition coefficient (Wildman–Crippen LogP) is 3.46. The molecule has 30 heavy (non-hydrogen) atoms. The van der Waals surface area contributed by atoms with Crippen molar-refractivity contribution in [1.82, 2.24) is 14.3 Å². The van der Waals surface area contributed by atoms with Crippen molar-refractivity contribution in [2.75, 3.05) is 13.1 Å². The number of sulfonamides is 1. The molecule has 2 aromatic carbocycles. The molecule has 0 unspecified atom stereocenters. The highest BCUT2D eigenvalue weighted by Crippen LogP contribution is 2.31. The van der Waals surface area contributed by atoms with Crippen LogP contribution in [-0.2, 0) is 16.6 Å². The highest BCUT2D eigenvalue weighted by Gasteiger charge is 2.26. The minimum atomic E-state index is -3.82. The highest BCUT2D eigenvalue weighted by atomic mass is 32.2. The average molecular weight is 430 g/mol. The Morgan fingerprint density at radius 2 is 1.70 bits per heavy atom. The summed E-state index contributed by atoms with van der Waals surface area (Å²) in [5.74, 6) is -0.0344. The minimum absolute atomic E-state index is 0.0344. The summed E-state index contributed by atoms with van der Waals surface area (Å²) < 4.78 is 32.2. The molecule has 0 amide bonds. The molecule has 0 N–H and O–H groups in total. The van der Waals surface area contributed by atoms with Gasteiger partial charge in [0.1, 0.15) is 6.61 Å². The topological polar surface area (TPSA) is 116 Å². The SMILES string of the molecule is CCN(CC)S(=O)(=O)c1ccc(OCc2nc3ccccc3nc2C)c([N+](=O)[O-])c1. The van der Waals surface area contributed by atoms with Crippen molar-refractivity contribution in [3.05, 3.63) is 64.0 Å². The van der Waals surface area contributed by atoms with Crippen LogP contribution in [0, 0.1) is 17.0 Å². The zero-order valence-corrected chi connectivity index (χ0v) is 17.7. The van der Waals surface area contributed by atoms with E-state index in [0.717, 1.165) is 11.6 Å². The molecule has 0 fully saturated rings. The van der Waals surface area contributed by atoms with Gasteiger partial charge in [-0.05, 0) is 31.2 Å². The molecule has 0 bridgehead atoms. The third-order valence-electron chi connectivity index (χ3n) is 4.68. The lowest BCUT2D eigenvalue weighted by Gasteiger charge is -2.18. The molecule has 9 nitrogen and oxygen atoms in total. The van der Waals surface area contributed by atoms with E-state index < -0.39 is 20.6 Å². The smallest absolute Gasteiger partial charge is 0.312 e.